The molecule has 0 spiro atoms. The van der Waals surface area contributed by atoms with Crippen LogP contribution in [0.1, 0.15) is 31.7 Å². The number of aliphatic imine (C=N–C) groups is 1. The second kappa shape index (κ2) is 12.1. The monoisotopic (exact) mass is 528 g/mol. The Hall–Kier alpha value is -1.72. The molecule has 29 heavy (non-hydrogen) atoms. The van der Waals surface area contributed by atoms with Crippen LogP contribution in [0.15, 0.2) is 29.3 Å². The van der Waals surface area contributed by atoms with Gasteiger partial charge in [0.05, 0.1) is 12.1 Å². The van der Waals surface area contributed by atoms with Gasteiger partial charge in [-0.15, -0.1) is 24.0 Å². The number of carbonyl (C=O) groups is 1. The number of nitrogens with one attached hydrogen (secondary N) is 1. The van der Waals surface area contributed by atoms with Crippen LogP contribution in [0.4, 0.5) is 13.2 Å². The van der Waals surface area contributed by atoms with Crippen LogP contribution in [0, 0.1) is 5.92 Å². The first-order chi connectivity index (χ1) is 13.3. The smallest absolute Gasteiger partial charge is 0.419 e. The number of likely N-dealkylation sites (tertiary alicyclic amines) is 1. The number of rotatable bonds is 7. The van der Waals surface area contributed by atoms with Gasteiger partial charge in [0.15, 0.2) is 5.96 Å². The Balaban J connectivity index is 0.00000420. The number of nitrogens with zero attached hydrogens (tertiary/aromatic N) is 2. The van der Waals surface area contributed by atoms with Crippen molar-refractivity contribution in [3.8, 4) is 5.75 Å². The number of alkyl halides is 3. The van der Waals surface area contributed by atoms with Crippen molar-refractivity contribution in [1.29, 1.82) is 0 Å². The highest BCUT2D eigenvalue weighted by Crippen LogP contribution is 2.35. The summed E-state index contributed by atoms with van der Waals surface area (Å²) in [7, 11) is 0. The van der Waals surface area contributed by atoms with E-state index in [1.54, 1.807) is 0 Å². The lowest BCUT2D eigenvalue weighted by molar-refractivity contribution is -0.139. The first-order valence-corrected chi connectivity index (χ1v) is 9.41. The second-order valence-corrected chi connectivity index (χ2v) is 6.70. The van der Waals surface area contributed by atoms with Crippen molar-refractivity contribution in [3.05, 3.63) is 29.8 Å². The van der Waals surface area contributed by atoms with E-state index in [1.807, 2.05) is 6.92 Å². The molecule has 1 aliphatic rings. The Labute approximate surface area is 186 Å². The molecular formula is C19H28F3IN4O2. The number of hydrogen-bond donors (Lipinski definition) is 2. The first-order valence-electron chi connectivity index (χ1n) is 9.41. The summed E-state index contributed by atoms with van der Waals surface area (Å²) >= 11 is 0. The Morgan fingerprint density at radius 3 is 2.76 bits per heavy atom. The third kappa shape index (κ3) is 8.27. The van der Waals surface area contributed by atoms with Gasteiger partial charge in [0.1, 0.15) is 12.4 Å². The largest absolute Gasteiger partial charge is 0.491 e. The number of para-hydroxylation sites is 1. The molecule has 0 aromatic heterocycles. The van der Waals surface area contributed by atoms with Crippen LogP contribution in [0.3, 0.4) is 0 Å². The summed E-state index contributed by atoms with van der Waals surface area (Å²) in [6.07, 6.45) is -2.25. The number of benzene rings is 1. The molecule has 10 heteroatoms. The van der Waals surface area contributed by atoms with E-state index in [0.717, 1.165) is 25.5 Å². The van der Waals surface area contributed by atoms with Gasteiger partial charge in [-0.05, 0) is 37.8 Å². The Morgan fingerprint density at radius 2 is 2.10 bits per heavy atom. The molecule has 0 bridgehead atoms. The van der Waals surface area contributed by atoms with Crippen LogP contribution >= 0.6 is 24.0 Å². The number of carbonyl (C=O) groups excluding carboxylic acids is 1. The van der Waals surface area contributed by atoms with E-state index in [1.165, 1.54) is 18.2 Å². The van der Waals surface area contributed by atoms with E-state index in [2.05, 4.69) is 15.2 Å². The fourth-order valence-corrected chi connectivity index (χ4v) is 3.27. The molecule has 1 saturated heterocycles. The second-order valence-electron chi connectivity index (χ2n) is 6.70. The lowest BCUT2D eigenvalue weighted by Crippen LogP contribution is -2.47. The van der Waals surface area contributed by atoms with E-state index in [-0.39, 0.29) is 54.7 Å². The highest BCUT2D eigenvalue weighted by atomic mass is 127. The molecule has 1 fully saturated rings. The highest BCUT2D eigenvalue weighted by molar-refractivity contribution is 14.0. The summed E-state index contributed by atoms with van der Waals surface area (Å²) in [5.74, 6) is 0.342. The molecular weight excluding hydrogens is 500 g/mol. The lowest BCUT2D eigenvalue weighted by atomic mass is 9.95. The minimum atomic E-state index is -4.46. The average molecular weight is 528 g/mol. The fraction of sp³-hybridized carbons (Fsp3) is 0.579. The van der Waals surface area contributed by atoms with Crippen molar-refractivity contribution in [1.82, 2.24) is 10.2 Å². The topological polar surface area (TPSA) is 80.0 Å². The fourth-order valence-electron chi connectivity index (χ4n) is 3.27. The number of halogens is 4. The standard InChI is InChI=1S/C19H27F3N4O2.HI/c1-2-24-18(26-10-5-6-14(13-26)12-17(23)27)25-9-11-28-16-8-4-3-7-15(16)19(20,21)22;/h3-4,7-8,14H,2,5-6,9-13H2,1H3,(H2,23,27)(H,24,25);1H. The zero-order valence-electron chi connectivity index (χ0n) is 16.4. The normalized spacial score (nSPS) is 17.4. The summed E-state index contributed by atoms with van der Waals surface area (Å²) in [5, 5.41) is 3.18. The van der Waals surface area contributed by atoms with Crippen molar-refractivity contribution in [2.75, 3.05) is 32.8 Å². The molecule has 1 aromatic carbocycles. The van der Waals surface area contributed by atoms with Gasteiger partial charge in [-0.3, -0.25) is 4.79 Å². The summed E-state index contributed by atoms with van der Waals surface area (Å²) in [6, 6.07) is 5.13. The van der Waals surface area contributed by atoms with E-state index in [9.17, 15) is 18.0 Å². The Bertz CT molecular complexity index is 686. The zero-order chi connectivity index (χ0) is 20.6. The number of guanidine groups is 1. The summed E-state index contributed by atoms with van der Waals surface area (Å²) in [6.45, 7) is 4.32. The molecule has 2 rings (SSSR count). The molecule has 3 N–H and O–H groups in total. The van der Waals surface area contributed by atoms with E-state index in [0.29, 0.717) is 25.5 Å². The summed E-state index contributed by atoms with van der Waals surface area (Å²) < 4.78 is 44.3. The van der Waals surface area contributed by atoms with Gasteiger partial charge in [-0.2, -0.15) is 13.2 Å². The van der Waals surface area contributed by atoms with Gasteiger partial charge in [-0.1, -0.05) is 12.1 Å². The number of piperidine rings is 1. The molecule has 6 nitrogen and oxygen atoms in total. The average Bonchev–Trinajstić information content (AvgIpc) is 2.63. The van der Waals surface area contributed by atoms with E-state index < -0.39 is 11.7 Å². The lowest BCUT2D eigenvalue weighted by Gasteiger charge is -2.34. The minimum absolute atomic E-state index is 0. The number of ether oxygens (including phenoxy) is 1. The van der Waals surface area contributed by atoms with E-state index in [4.69, 9.17) is 10.5 Å². The van der Waals surface area contributed by atoms with Gasteiger partial charge in [0.2, 0.25) is 5.91 Å². The molecule has 1 aromatic rings. The molecule has 1 atom stereocenters. The SMILES string of the molecule is CCNC(=NCCOc1ccccc1C(F)(F)F)N1CCCC(CC(N)=O)C1.I. The van der Waals surface area contributed by atoms with Crippen LogP contribution < -0.4 is 15.8 Å². The van der Waals surface area contributed by atoms with Crippen molar-refractivity contribution in [2.45, 2.75) is 32.4 Å². The third-order valence-corrected chi connectivity index (χ3v) is 4.45. The Morgan fingerprint density at radius 1 is 1.38 bits per heavy atom. The maximum absolute atomic E-state index is 13.0. The maximum atomic E-state index is 13.0. The van der Waals surface area contributed by atoms with Gasteiger partial charge >= 0.3 is 6.18 Å². The number of hydrogen-bond acceptors (Lipinski definition) is 3. The summed E-state index contributed by atoms with van der Waals surface area (Å²) in [5.41, 5.74) is 4.50. The van der Waals surface area contributed by atoms with Crippen molar-refractivity contribution in [2.24, 2.45) is 16.6 Å². The third-order valence-electron chi connectivity index (χ3n) is 4.45. The molecule has 0 saturated carbocycles. The minimum Gasteiger partial charge on any atom is -0.491 e. The molecule has 0 radical (unpaired) electrons. The predicted molar refractivity (Wildman–Crippen MR) is 116 cm³/mol. The van der Waals surface area contributed by atoms with Gasteiger partial charge in [0, 0.05) is 26.1 Å². The maximum Gasteiger partial charge on any atom is 0.419 e. The highest BCUT2D eigenvalue weighted by Gasteiger charge is 2.34. The van der Waals surface area contributed by atoms with Crippen molar-refractivity contribution < 1.29 is 22.7 Å². The van der Waals surface area contributed by atoms with Gasteiger partial charge in [-0.25, -0.2) is 4.99 Å². The number of nitrogens with two attached hydrogens (primary N) is 1. The van der Waals surface area contributed by atoms with Gasteiger partial charge in [0.25, 0.3) is 0 Å². The number of primary amides is 1. The van der Waals surface area contributed by atoms with Crippen LogP contribution in [0.2, 0.25) is 0 Å². The molecule has 1 unspecified atom stereocenters. The first kappa shape index (κ1) is 25.3. The molecule has 0 aliphatic carbocycles. The van der Waals surface area contributed by atoms with Crippen LogP contribution in [0.5, 0.6) is 5.75 Å². The van der Waals surface area contributed by atoms with Crippen molar-refractivity contribution in [3.63, 3.8) is 0 Å². The quantitative estimate of drug-likeness (QED) is 0.247. The zero-order valence-corrected chi connectivity index (χ0v) is 18.7. The molecule has 1 heterocycles. The van der Waals surface area contributed by atoms with Crippen LogP contribution in [0.25, 0.3) is 0 Å². The Kier molecular flexibility index (Phi) is 10.5. The molecule has 164 valence electrons. The van der Waals surface area contributed by atoms with Crippen molar-refractivity contribution >= 4 is 35.8 Å². The van der Waals surface area contributed by atoms with E-state index >= 15 is 0 Å². The number of amides is 1. The summed E-state index contributed by atoms with van der Waals surface area (Å²) in [4.78, 5) is 17.7. The predicted octanol–water partition coefficient (Wildman–Crippen LogP) is 3.26. The van der Waals surface area contributed by atoms with Crippen LogP contribution in [-0.4, -0.2) is 49.6 Å². The molecule has 1 amide bonds. The van der Waals surface area contributed by atoms with Crippen LogP contribution in [-0.2, 0) is 11.0 Å². The van der Waals surface area contributed by atoms with Gasteiger partial charge < -0.3 is 20.7 Å². The molecule has 1 aliphatic heterocycles.